The van der Waals surface area contributed by atoms with Gasteiger partial charge in [-0.15, -0.1) is 0 Å². The first kappa shape index (κ1) is 13.8. The van der Waals surface area contributed by atoms with Crippen LogP contribution >= 0.6 is 15.9 Å². The number of benzene rings is 2. The number of H-pyrrole nitrogens is 1. The van der Waals surface area contributed by atoms with E-state index >= 15 is 0 Å². The fraction of sp³-hybridized carbons (Fsp3) is 0.0625. The molecule has 106 valence electrons. The normalized spacial score (nSPS) is 10.8. The van der Waals surface area contributed by atoms with Gasteiger partial charge in [-0.25, -0.2) is 9.18 Å². The predicted molar refractivity (Wildman–Crippen MR) is 84.2 cm³/mol. The minimum absolute atomic E-state index is 0.295. The SMILES string of the molecule is Cc1ccc(-n2cc(-c3ccc(Br)cc3)[nH]c2=O)cc1F. The van der Waals surface area contributed by atoms with Crippen LogP contribution in [0, 0.1) is 12.7 Å². The van der Waals surface area contributed by atoms with Crippen molar-refractivity contribution in [1.82, 2.24) is 9.55 Å². The van der Waals surface area contributed by atoms with Gasteiger partial charge in [0.25, 0.3) is 0 Å². The summed E-state index contributed by atoms with van der Waals surface area (Å²) in [6.07, 6.45) is 1.68. The van der Waals surface area contributed by atoms with Gasteiger partial charge in [-0.1, -0.05) is 34.1 Å². The summed E-state index contributed by atoms with van der Waals surface area (Å²) in [5.41, 5.74) is 2.34. The van der Waals surface area contributed by atoms with Gasteiger partial charge >= 0.3 is 5.69 Å². The average molecular weight is 347 g/mol. The van der Waals surface area contributed by atoms with E-state index in [-0.39, 0.29) is 11.5 Å². The van der Waals surface area contributed by atoms with Gasteiger partial charge in [0.05, 0.1) is 11.4 Å². The molecule has 0 aliphatic rings. The molecule has 1 aromatic heterocycles. The van der Waals surface area contributed by atoms with Crippen LogP contribution in [0.4, 0.5) is 4.39 Å². The van der Waals surface area contributed by atoms with Gasteiger partial charge in [-0.05, 0) is 42.3 Å². The molecule has 0 saturated carbocycles. The highest BCUT2D eigenvalue weighted by atomic mass is 79.9. The Morgan fingerprint density at radius 2 is 1.86 bits per heavy atom. The number of aromatic amines is 1. The maximum Gasteiger partial charge on any atom is 0.330 e. The van der Waals surface area contributed by atoms with Crippen molar-refractivity contribution in [2.24, 2.45) is 0 Å². The lowest BCUT2D eigenvalue weighted by molar-refractivity contribution is 0.617. The molecule has 0 atom stereocenters. The fourth-order valence-corrected chi connectivity index (χ4v) is 2.36. The van der Waals surface area contributed by atoms with Crippen LogP contribution < -0.4 is 5.69 Å². The van der Waals surface area contributed by atoms with Gasteiger partial charge in [0.15, 0.2) is 0 Å². The summed E-state index contributed by atoms with van der Waals surface area (Å²) in [5.74, 6) is -0.328. The second-order valence-electron chi connectivity index (χ2n) is 4.78. The molecule has 3 nitrogen and oxygen atoms in total. The van der Waals surface area contributed by atoms with Crippen LogP contribution in [0.2, 0.25) is 0 Å². The molecule has 1 N–H and O–H groups in total. The maximum atomic E-state index is 13.6. The van der Waals surface area contributed by atoms with E-state index in [9.17, 15) is 9.18 Å². The molecule has 0 saturated heterocycles. The Hall–Kier alpha value is -2.14. The van der Waals surface area contributed by atoms with Gasteiger partial charge in [0, 0.05) is 10.7 Å². The van der Waals surface area contributed by atoms with Crippen molar-refractivity contribution < 1.29 is 4.39 Å². The largest absolute Gasteiger partial charge is 0.330 e. The molecule has 0 radical (unpaired) electrons. The number of rotatable bonds is 2. The highest BCUT2D eigenvalue weighted by molar-refractivity contribution is 9.10. The third kappa shape index (κ3) is 2.69. The van der Waals surface area contributed by atoms with Crippen molar-refractivity contribution in [2.75, 3.05) is 0 Å². The Labute approximate surface area is 129 Å². The lowest BCUT2D eigenvalue weighted by Crippen LogP contribution is -2.14. The molecule has 21 heavy (non-hydrogen) atoms. The molecular formula is C16H12BrFN2O. The van der Waals surface area contributed by atoms with Crippen molar-refractivity contribution in [2.45, 2.75) is 6.92 Å². The molecule has 0 unspecified atom stereocenters. The number of halogens is 2. The Balaban J connectivity index is 2.07. The fourth-order valence-electron chi connectivity index (χ4n) is 2.09. The second kappa shape index (κ2) is 5.33. The monoisotopic (exact) mass is 346 g/mol. The van der Waals surface area contributed by atoms with Crippen LogP contribution in [0.3, 0.4) is 0 Å². The van der Waals surface area contributed by atoms with Gasteiger partial charge in [0.1, 0.15) is 5.82 Å². The van der Waals surface area contributed by atoms with Crippen molar-refractivity contribution in [1.29, 1.82) is 0 Å². The summed E-state index contributed by atoms with van der Waals surface area (Å²) in [4.78, 5) is 14.8. The summed E-state index contributed by atoms with van der Waals surface area (Å²) >= 11 is 3.37. The minimum atomic E-state index is -0.328. The average Bonchev–Trinajstić information content (AvgIpc) is 2.85. The van der Waals surface area contributed by atoms with E-state index in [2.05, 4.69) is 20.9 Å². The van der Waals surface area contributed by atoms with E-state index in [0.717, 1.165) is 10.0 Å². The van der Waals surface area contributed by atoms with E-state index < -0.39 is 0 Å². The number of imidazole rings is 1. The zero-order valence-corrected chi connectivity index (χ0v) is 12.8. The molecule has 0 amide bonds. The Morgan fingerprint density at radius 1 is 1.14 bits per heavy atom. The lowest BCUT2D eigenvalue weighted by Gasteiger charge is -2.02. The van der Waals surface area contributed by atoms with Gasteiger partial charge in [0.2, 0.25) is 0 Å². The van der Waals surface area contributed by atoms with Crippen molar-refractivity contribution in [3.63, 3.8) is 0 Å². The first-order valence-corrected chi connectivity index (χ1v) is 7.18. The van der Waals surface area contributed by atoms with Crippen LogP contribution in [-0.4, -0.2) is 9.55 Å². The van der Waals surface area contributed by atoms with Crippen LogP contribution in [0.25, 0.3) is 16.9 Å². The van der Waals surface area contributed by atoms with E-state index in [4.69, 9.17) is 0 Å². The summed E-state index contributed by atoms with van der Waals surface area (Å²) in [7, 11) is 0. The zero-order valence-electron chi connectivity index (χ0n) is 11.2. The highest BCUT2D eigenvalue weighted by Crippen LogP contribution is 2.20. The van der Waals surface area contributed by atoms with E-state index in [1.807, 2.05) is 24.3 Å². The zero-order chi connectivity index (χ0) is 15.0. The predicted octanol–water partition coefficient (Wildman–Crippen LogP) is 4.04. The second-order valence-corrected chi connectivity index (χ2v) is 5.70. The summed E-state index contributed by atoms with van der Waals surface area (Å²) in [6, 6.07) is 12.3. The molecule has 3 aromatic rings. The third-order valence-corrected chi connectivity index (χ3v) is 3.84. The minimum Gasteiger partial charge on any atom is -0.305 e. The van der Waals surface area contributed by atoms with Crippen LogP contribution in [0.1, 0.15) is 5.56 Å². The first-order valence-electron chi connectivity index (χ1n) is 6.39. The number of nitrogens with one attached hydrogen (secondary N) is 1. The van der Waals surface area contributed by atoms with Gasteiger partial charge < -0.3 is 4.98 Å². The molecule has 0 aliphatic heterocycles. The number of aromatic nitrogens is 2. The van der Waals surface area contributed by atoms with Gasteiger partial charge in [-0.3, -0.25) is 4.57 Å². The molecule has 2 aromatic carbocycles. The molecule has 5 heteroatoms. The molecule has 0 bridgehead atoms. The van der Waals surface area contributed by atoms with Crippen LogP contribution in [-0.2, 0) is 0 Å². The smallest absolute Gasteiger partial charge is 0.305 e. The number of hydrogen-bond donors (Lipinski definition) is 1. The van der Waals surface area contributed by atoms with Crippen LogP contribution in [0.5, 0.6) is 0 Å². The molecule has 3 rings (SSSR count). The topological polar surface area (TPSA) is 37.8 Å². The molecule has 1 heterocycles. The van der Waals surface area contributed by atoms with E-state index in [1.54, 1.807) is 25.3 Å². The lowest BCUT2D eigenvalue weighted by atomic mass is 10.2. The van der Waals surface area contributed by atoms with Gasteiger partial charge in [-0.2, -0.15) is 0 Å². The number of hydrogen-bond acceptors (Lipinski definition) is 1. The van der Waals surface area contributed by atoms with Crippen molar-refractivity contribution in [3.05, 3.63) is 75.0 Å². The summed E-state index contributed by atoms with van der Waals surface area (Å²) in [5, 5.41) is 0. The first-order chi connectivity index (χ1) is 10.0. The third-order valence-electron chi connectivity index (χ3n) is 3.31. The van der Waals surface area contributed by atoms with Crippen molar-refractivity contribution >= 4 is 15.9 Å². The molecular weight excluding hydrogens is 335 g/mol. The van der Waals surface area contributed by atoms with Crippen molar-refractivity contribution in [3.8, 4) is 16.9 Å². The Bertz CT molecular complexity index is 849. The standard InChI is InChI=1S/C16H12BrFN2O/c1-10-2-7-13(8-14(10)18)20-9-15(19-16(20)21)11-3-5-12(17)6-4-11/h2-9H,1H3,(H,19,21). The Kier molecular flexibility index (Phi) is 3.51. The Morgan fingerprint density at radius 3 is 2.52 bits per heavy atom. The maximum absolute atomic E-state index is 13.6. The van der Waals surface area contributed by atoms with E-state index in [1.165, 1.54) is 10.6 Å². The molecule has 0 spiro atoms. The summed E-state index contributed by atoms with van der Waals surface area (Å²) < 4.78 is 16.0. The number of nitrogens with zero attached hydrogens (tertiary/aromatic N) is 1. The highest BCUT2D eigenvalue weighted by Gasteiger charge is 2.08. The number of aryl methyl sites for hydroxylation is 1. The molecule has 0 aliphatic carbocycles. The summed E-state index contributed by atoms with van der Waals surface area (Å²) in [6.45, 7) is 1.69. The quantitative estimate of drug-likeness (QED) is 0.746. The van der Waals surface area contributed by atoms with Crippen LogP contribution in [0.15, 0.2) is 57.9 Å². The van der Waals surface area contributed by atoms with E-state index in [0.29, 0.717) is 16.9 Å². The molecule has 0 fully saturated rings.